The van der Waals surface area contributed by atoms with E-state index in [1.54, 1.807) is 0 Å². The van der Waals surface area contributed by atoms with Crippen LogP contribution < -0.4 is 0 Å². The normalized spacial score (nSPS) is 23.9. The summed E-state index contributed by atoms with van der Waals surface area (Å²) in [4.78, 5) is 12.2. The second kappa shape index (κ2) is 4.11. The Morgan fingerprint density at radius 3 is 2.20 bits per heavy atom. The number of hydrogen-bond donors (Lipinski definition) is 0. The molecule has 0 aromatic heterocycles. The summed E-state index contributed by atoms with van der Waals surface area (Å²) in [5, 5.41) is 0. The summed E-state index contributed by atoms with van der Waals surface area (Å²) in [5.74, 6) is 1.12. The van der Waals surface area contributed by atoms with Gasteiger partial charge in [-0.3, -0.25) is 4.79 Å². The van der Waals surface area contributed by atoms with Crippen LogP contribution in [0.2, 0.25) is 0 Å². The highest BCUT2D eigenvalue weighted by molar-refractivity contribution is 5.99. The van der Waals surface area contributed by atoms with Crippen LogP contribution in [0.15, 0.2) is 11.1 Å². The van der Waals surface area contributed by atoms with Gasteiger partial charge >= 0.3 is 0 Å². The Labute approximate surface area is 93.9 Å². The molecule has 0 fully saturated rings. The summed E-state index contributed by atoms with van der Waals surface area (Å²) in [6.45, 7) is 12.9. The van der Waals surface area contributed by atoms with E-state index >= 15 is 0 Å². The number of carbonyl (C=O) groups is 1. The van der Waals surface area contributed by atoms with Crippen molar-refractivity contribution in [2.24, 2.45) is 17.3 Å². The molecule has 0 heterocycles. The maximum atomic E-state index is 12.2. The summed E-state index contributed by atoms with van der Waals surface area (Å²) < 4.78 is 0. The Balaban J connectivity index is 3.23. The molecule has 0 N–H and O–H groups in total. The van der Waals surface area contributed by atoms with Crippen LogP contribution in [-0.2, 0) is 4.79 Å². The first kappa shape index (κ1) is 12.5. The van der Waals surface area contributed by atoms with E-state index in [4.69, 9.17) is 0 Å². The van der Waals surface area contributed by atoms with Gasteiger partial charge in [-0.15, -0.1) is 0 Å². The topological polar surface area (TPSA) is 17.1 Å². The van der Waals surface area contributed by atoms with E-state index in [0.717, 1.165) is 18.4 Å². The third-order valence-corrected chi connectivity index (χ3v) is 3.31. The monoisotopic (exact) mass is 208 g/mol. The minimum atomic E-state index is 0.00532. The van der Waals surface area contributed by atoms with Crippen molar-refractivity contribution in [3.05, 3.63) is 11.1 Å². The lowest BCUT2D eigenvalue weighted by atomic mass is 9.70. The molecule has 1 atom stereocenters. The smallest absolute Gasteiger partial charge is 0.162 e. The predicted octanol–water partition coefficient (Wildman–Crippen LogP) is 3.98. The zero-order valence-electron chi connectivity index (χ0n) is 11.0. The first-order chi connectivity index (χ1) is 6.75. The predicted molar refractivity (Wildman–Crippen MR) is 64.7 cm³/mol. The Bertz CT molecular complexity index is 289. The van der Waals surface area contributed by atoms with Crippen molar-refractivity contribution in [1.29, 1.82) is 0 Å². The third kappa shape index (κ3) is 2.50. The van der Waals surface area contributed by atoms with Crippen molar-refractivity contribution in [3.8, 4) is 0 Å². The van der Waals surface area contributed by atoms with Gasteiger partial charge in [-0.25, -0.2) is 0 Å². The highest BCUT2D eigenvalue weighted by atomic mass is 16.1. The molecular formula is C14H24O. The van der Waals surface area contributed by atoms with E-state index in [9.17, 15) is 4.79 Å². The van der Waals surface area contributed by atoms with E-state index in [2.05, 4.69) is 41.5 Å². The molecule has 1 aliphatic carbocycles. The number of Topliss-reactive ketones (excluding diaryl/α,β-unsaturated/α-hetero) is 1. The molecule has 15 heavy (non-hydrogen) atoms. The van der Waals surface area contributed by atoms with E-state index in [-0.39, 0.29) is 11.3 Å². The van der Waals surface area contributed by atoms with Crippen molar-refractivity contribution in [2.45, 2.75) is 54.4 Å². The molecule has 1 aliphatic rings. The van der Waals surface area contributed by atoms with Crippen LogP contribution in [0, 0.1) is 17.3 Å². The molecule has 0 bridgehead atoms. The first-order valence-electron chi connectivity index (χ1n) is 6.03. The summed E-state index contributed by atoms with van der Waals surface area (Å²) >= 11 is 0. The van der Waals surface area contributed by atoms with Crippen LogP contribution in [0.25, 0.3) is 0 Å². The molecule has 0 aliphatic heterocycles. The van der Waals surface area contributed by atoms with E-state index in [1.807, 2.05) is 0 Å². The third-order valence-electron chi connectivity index (χ3n) is 3.31. The maximum absolute atomic E-state index is 12.2. The lowest BCUT2D eigenvalue weighted by Gasteiger charge is -2.33. The van der Waals surface area contributed by atoms with Gasteiger partial charge in [-0.2, -0.15) is 0 Å². The minimum Gasteiger partial charge on any atom is -0.294 e. The van der Waals surface area contributed by atoms with E-state index in [0.29, 0.717) is 11.7 Å². The number of rotatable bonds is 1. The Morgan fingerprint density at radius 2 is 1.80 bits per heavy atom. The lowest BCUT2D eigenvalue weighted by Crippen LogP contribution is -2.29. The van der Waals surface area contributed by atoms with Crippen LogP contribution in [0.3, 0.4) is 0 Å². The number of hydrogen-bond acceptors (Lipinski definition) is 1. The molecule has 0 saturated carbocycles. The van der Waals surface area contributed by atoms with Crippen molar-refractivity contribution in [3.63, 3.8) is 0 Å². The van der Waals surface area contributed by atoms with Crippen LogP contribution >= 0.6 is 0 Å². The Morgan fingerprint density at radius 1 is 1.27 bits per heavy atom. The van der Waals surface area contributed by atoms with Gasteiger partial charge in [-0.1, -0.05) is 47.1 Å². The molecule has 0 aromatic carbocycles. The molecule has 0 radical (unpaired) electrons. The zero-order chi connectivity index (χ0) is 11.8. The first-order valence-corrected chi connectivity index (χ1v) is 6.03. The standard InChI is InChI=1S/C14H24O/c1-9(2)11-8-7-10(3)13(15)12(11)14(4,5)6/h9-10H,7-8H2,1-6H3. The summed E-state index contributed by atoms with van der Waals surface area (Å²) in [7, 11) is 0. The van der Waals surface area contributed by atoms with Gasteiger partial charge in [0, 0.05) is 11.5 Å². The van der Waals surface area contributed by atoms with Gasteiger partial charge in [0.1, 0.15) is 0 Å². The minimum absolute atomic E-state index is 0.00532. The SMILES string of the molecule is CC(C)C1=C(C(C)(C)C)C(=O)C(C)CC1. The molecule has 1 nitrogen and oxygen atoms in total. The van der Waals surface area contributed by atoms with Crippen molar-refractivity contribution in [1.82, 2.24) is 0 Å². The molecule has 0 amide bonds. The fourth-order valence-electron chi connectivity index (χ4n) is 2.46. The number of carbonyl (C=O) groups excluding carboxylic acids is 1. The van der Waals surface area contributed by atoms with Crippen LogP contribution in [-0.4, -0.2) is 5.78 Å². The van der Waals surface area contributed by atoms with Gasteiger partial charge in [0.25, 0.3) is 0 Å². The van der Waals surface area contributed by atoms with Gasteiger partial charge < -0.3 is 0 Å². The molecule has 1 heteroatoms. The number of allylic oxidation sites excluding steroid dienone is 2. The van der Waals surface area contributed by atoms with Gasteiger partial charge in [0.2, 0.25) is 0 Å². The molecule has 0 aromatic rings. The lowest BCUT2D eigenvalue weighted by molar-refractivity contribution is -0.120. The van der Waals surface area contributed by atoms with Gasteiger partial charge in [-0.05, 0) is 24.2 Å². The second-order valence-corrected chi connectivity index (χ2v) is 6.11. The molecule has 86 valence electrons. The Kier molecular flexibility index (Phi) is 3.42. The second-order valence-electron chi connectivity index (χ2n) is 6.11. The fraction of sp³-hybridized carbons (Fsp3) is 0.786. The average molecular weight is 208 g/mol. The van der Waals surface area contributed by atoms with Crippen LogP contribution in [0.5, 0.6) is 0 Å². The van der Waals surface area contributed by atoms with Gasteiger partial charge in [0.15, 0.2) is 5.78 Å². The highest BCUT2D eigenvalue weighted by Gasteiger charge is 2.34. The summed E-state index contributed by atoms with van der Waals surface area (Å²) in [6.07, 6.45) is 2.14. The maximum Gasteiger partial charge on any atom is 0.162 e. The molecule has 1 unspecified atom stereocenters. The van der Waals surface area contributed by atoms with Crippen molar-refractivity contribution >= 4 is 5.78 Å². The van der Waals surface area contributed by atoms with E-state index < -0.39 is 0 Å². The summed E-state index contributed by atoms with van der Waals surface area (Å²) in [6, 6.07) is 0. The number of ketones is 1. The zero-order valence-corrected chi connectivity index (χ0v) is 11.0. The van der Waals surface area contributed by atoms with Crippen molar-refractivity contribution < 1.29 is 4.79 Å². The van der Waals surface area contributed by atoms with Gasteiger partial charge in [0.05, 0.1) is 0 Å². The van der Waals surface area contributed by atoms with E-state index in [1.165, 1.54) is 5.57 Å². The van der Waals surface area contributed by atoms with Crippen LogP contribution in [0.1, 0.15) is 54.4 Å². The largest absolute Gasteiger partial charge is 0.294 e. The molecule has 0 spiro atoms. The highest BCUT2D eigenvalue weighted by Crippen LogP contribution is 2.39. The quantitative estimate of drug-likeness (QED) is 0.637. The molecule has 0 saturated heterocycles. The average Bonchev–Trinajstić information content (AvgIpc) is 2.06. The Hall–Kier alpha value is -0.590. The molecule has 1 rings (SSSR count). The summed E-state index contributed by atoms with van der Waals surface area (Å²) in [5.41, 5.74) is 2.51. The molecular weight excluding hydrogens is 184 g/mol. The van der Waals surface area contributed by atoms with Crippen molar-refractivity contribution in [2.75, 3.05) is 0 Å². The van der Waals surface area contributed by atoms with Crippen LogP contribution in [0.4, 0.5) is 0 Å². The fourth-order valence-corrected chi connectivity index (χ4v) is 2.46.